The van der Waals surface area contributed by atoms with E-state index in [9.17, 15) is 39.3 Å². The Morgan fingerprint density at radius 3 is 2.44 bits per heavy atom. The second-order valence-corrected chi connectivity index (χ2v) is 19.0. The molecule has 4 atom stereocenters. The van der Waals surface area contributed by atoms with Crippen molar-refractivity contribution in [1.29, 1.82) is 0 Å². The monoisotopic (exact) mass is 925 g/mol. The zero-order valence-electron chi connectivity index (χ0n) is 37.7. The van der Waals surface area contributed by atoms with Gasteiger partial charge in [-0.3, -0.25) is 9.59 Å². The number of aromatic hydroxyl groups is 2. The number of esters is 1. The Kier molecular flexibility index (Phi) is 9.93. The van der Waals surface area contributed by atoms with E-state index in [0.29, 0.717) is 81.5 Å². The number of H-pyrrole nitrogens is 1. The molecule has 0 radical (unpaired) electrons. The highest BCUT2D eigenvalue weighted by Crippen LogP contribution is 2.47. The van der Waals surface area contributed by atoms with Crippen LogP contribution in [0.3, 0.4) is 0 Å². The van der Waals surface area contributed by atoms with E-state index in [0.717, 1.165) is 18.4 Å². The summed E-state index contributed by atoms with van der Waals surface area (Å²) in [5.41, 5.74) is 2.75. The lowest BCUT2D eigenvalue weighted by molar-refractivity contribution is -0.172. The lowest BCUT2D eigenvalue weighted by Gasteiger charge is -2.39. The highest BCUT2D eigenvalue weighted by molar-refractivity contribution is 5.96. The Balaban J connectivity index is 0.822. The van der Waals surface area contributed by atoms with Gasteiger partial charge >= 0.3 is 17.8 Å². The number of aliphatic hydroxyl groups is 1. The van der Waals surface area contributed by atoms with Crippen molar-refractivity contribution in [1.82, 2.24) is 34.5 Å². The predicted molar refractivity (Wildman–Crippen MR) is 243 cm³/mol. The van der Waals surface area contributed by atoms with Crippen LogP contribution in [0, 0.1) is 12.7 Å². The summed E-state index contributed by atoms with van der Waals surface area (Å²) in [6, 6.07) is 11.4. The fraction of sp³-hybridized carbons (Fsp3) is 0.380. The molecule has 4 aliphatic heterocycles. The number of carbonyl (C=O) groups is 3. The molecule has 11 rings (SSSR count). The molecular formula is C50H48FN7O10. The Morgan fingerprint density at radius 2 is 1.74 bits per heavy atom. The largest absolute Gasteiger partial charge is 0.508 e. The first kappa shape index (κ1) is 43.2. The molecule has 1 aliphatic carbocycles. The lowest BCUT2D eigenvalue weighted by atomic mass is 9.81. The van der Waals surface area contributed by atoms with E-state index in [4.69, 9.17) is 14.5 Å². The molecule has 3 aromatic carbocycles. The molecule has 2 fully saturated rings. The summed E-state index contributed by atoms with van der Waals surface area (Å²) < 4.78 is 29.7. The summed E-state index contributed by atoms with van der Waals surface area (Å²) in [6.45, 7) is 6.95. The number of cyclic esters (lactones) is 1. The van der Waals surface area contributed by atoms with Crippen molar-refractivity contribution in [2.24, 2.45) is 0 Å². The number of halogens is 1. The van der Waals surface area contributed by atoms with Crippen LogP contribution in [0.1, 0.15) is 121 Å². The number of carbonyl (C=O) groups excluding carboxylic acids is 3. The number of rotatable bonds is 7. The van der Waals surface area contributed by atoms with Crippen LogP contribution >= 0.6 is 0 Å². The molecule has 18 heteroatoms. The van der Waals surface area contributed by atoms with E-state index in [1.54, 1.807) is 50.2 Å². The number of hydrogen-bond acceptors (Lipinski definition) is 12. The van der Waals surface area contributed by atoms with Crippen LogP contribution in [0.2, 0.25) is 0 Å². The van der Waals surface area contributed by atoms with Crippen LogP contribution in [0.5, 0.6) is 11.5 Å². The molecule has 0 saturated carbocycles. The SMILES string of the molecule is CC[C@@]1(O)C(=O)OCc2c1cc1n(c2=O)Cc2c-1nc1cc(F)c(C)c3c1c2[C@@H](NC(=O)OC1CC2CCC(C1)N2C(=O)c1ccc(-n2c(-c4cc(C(C)C)c(O)cc4O)n[nH]c2=O)cc1)CC3. The normalized spacial score (nSPS) is 22.2. The number of nitrogens with zero attached hydrogens (tertiary/aromatic N) is 5. The molecule has 2 saturated heterocycles. The van der Waals surface area contributed by atoms with Crippen molar-refractivity contribution in [3.8, 4) is 40.0 Å². The maximum Gasteiger partial charge on any atom is 0.407 e. The van der Waals surface area contributed by atoms with E-state index in [-0.39, 0.29) is 77.5 Å². The molecular weight excluding hydrogens is 878 g/mol. The van der Waals surface area contributed by atoms with Crippen molar-refractivity contribution in [3.05, 3.63) is 120 Å². The minimum Gasteiger partial charge on any atom is -0.508 e. The van der Waals surface area contributed by atoms with Crippen LogP contribution < -0.4 is 16.6 Å². The van der Waals surface area contributed by atoms with Crippen LogP contribution in [0.15, 0.2) is 58.1 Å². The van der Waals surface area contributed by atoms with Gasteiger partial charge in [0.1, 0.15) is 30.0 Å². The Bertz CT molecular complexity index is 3290. The number of piperidine rings is 1. The van der Waals surface area contributed by atoms with Crippen molar-refractivity contribution >= 4 is 28.9 Å². The molecule has 350 valence electrons. The van der Waals surface area contributed by atoms with E-state index < -0.39 is 46.9 Å². The molecule has 68 heavy (non-hydrogen) atoms. The number of nitrogens with one attached hydrogen (secondary N) is 2. The summed E-state index contributed by atoms with van der Waals surface area (Å²) in [6.07, 6.45) is 2.04. The molecule has 2 unspecified atom stereocenters. The van der Waals surface area contributed by atoms with Gasteiger partial charge in [0.15, 0.2) is 11.4 Å². The number of amides is 2. The Labute approximate surface area is 387 Å². The van der Waals surface area contributed by atoms with Gasteiger partial charge in [-0.15, -0.1) is 0 Å². The molecule has 7 heterocycles. The fourth-order valence-corrected chi connectivity index (χ4v) is 11.4. The van der Waals surface area contributed by atoms with Crippen molar-refractivity contribution in [2.75, 3.05) is 0 Å². The van der Waals surface area contributed by atoms with E-state index >= 15 is 4.39 Å². The summed E-state index contributed by atoms with van der Waals surface area (Å²) in [5, 5.41) is 42.9. The number of alkyl carbamates (subject to hydrolysis) is 1. The van der Waals surface area contributed by atoms with E-state index in [1.165, 1.54) is 21.3 Å². The van der Waals surface area contributed by atoms with Crippen LogP contribution in [-0.2, 0) is 39.4 Å². The topological polar surface area (TPSA) is 231 Å². The summed E-state index contributed by atoms with van der Waals surface area (Å²) in [5.74, 6) is -1.71. The molecule has 2 amide bonds. The first-order valence-electron chi connectivity index (χ1n) is 23.0. The average Bonchev–Trinajstić information content (AvgIpc) is 3.97. The van der Waals surface area contributed by atoms with Gasteiger partial charge in [-0.1, -0.05) is 20.8 Å². The number of fused-ring (bicyclic) bond motifs is 7. The summed E-state index contributed by atoms with van der Waals surface area (Å²) in [7, 11) is 0. The Morgan fingerprint density at radius 1 is 1.00 bits per heavy atom. The first-order chi connectivity index (χ1) is 32.6. The van der Waals surface area contributed by atoms with Gasteiger partial charge in [0.05, 0.1) is 46.3 Å². The van der Waals surface area contributed by atoms with Gasteiger partial charge in [-0.2, -0.15) is 5.10 Å². The zero-order chi connectivity index (χ0) is 47.7. The third kappa shape index (κ3) is 6.47. The van der Waals surface area contributed by atoms with Crippen LogP contribution in [0.4, 0.5) is 9.18 Å². The number of hydrogen-bond donors (Lipinski definition) is 5. The number of phenols is 2. The molecule has 2 bridgehead atoms. The molecule has 0 spiro atoms. The minimum absolute atomic E-state index is 0.0201. The number of ether oxygens (including phenoxy) is 2. The Hall–Kier alpha value is -7.34. The van der Waals surface area contributed by atoms with Gasteiger partial charge in [-0.25, -0.2) is 33.4 Å². The molecule has 3 aromatic heterocycles. The van der Waals surface area contributed by atoms with Gasteiger partial charge in [0.25, 0.3) is 11.5 Å². The number of aryl methyl sites for hydroxylation is 1. The highest BCUT2D eigenvalue weighted by Gasteiger charge is 2.47. The third-order valence-corrected chi connectivity index (χ3v) is 14.9. The highest BCUT2D eigenvalue weighted by atomic mass is 19.1. The standard InChI is InChI=1S/C50H48FN7O10/c1-5-50(66)34-17-38-43-32(20-56(38)46(62)33(34)21-67-47(50)63)42-36(13-12-29-23(4)35(51)18-37(52-43)41(29)42)53-49(65)68-28-14-26-10-11-27(15-28)57(26)45(61)24-6-8-25(9-7-24)58-44(54-55-48(58)64)31-16-30(22(2)3)39(59)19-40(31)60/h6-9,16-19,22,26-28,36,59-60,66H,5,10-15,20-21H2,1-4H3,(H,53,65)(H,55,64)/t26?,27?,28?,36-,50-/m0/s1. The number of pyridine rings is 2. The van der Waals surface area contributed by atoms with Gasteiger partial charge in [-0.05, 0) is 104 Å². The van der Waals surface area contributed by atoms with Gasteiger partial charge in [0, 0.05) is 59.1 Å². The third-order valence-electron chi connectivity index (χ3n) is 14.9. The second kappa shape index (κ2) is 15.6. The van der Waals surface area contributed by atoms with Gasteiger partial charge < -0.3 is 39.6 Å². The number of phenolic OH excluding ortho intramolecular Hbond substituents is 2. The summed E-state index contributed by atoms with van der Waals surface area (Å²) >= 11 is 0. The van der Waals surface area contributed by atoms with Crippen LogP contribution in [0.25, 0.3) is 39.4 Å². The maximum atomic E-state index is 15.5. The second-order valence-electron chi connectivity index (χ2n) is 19.0. The van der Waals surface area contributed by atoms with Crippen molar-refractivity contribution < 1.29 is 43.6 Å². The van der Waals surface area contributed by atoms with Crippen molar-refractivity contribution in [2.45, 2.75) is 122 Å². The van der Waals surface area contributed by atoms with Gasteiger partial charge in [0.2, 0.25) is 0 Å². The number of benzene rings is 3. The molecule has 6 aromatic rings. The summed E-state index contributed by atoms with van der Waals surface area (Å²) in [4.78, 5) is 74.7. The first-order valence-corrected chi connectivity index (χ1v) is 23.0. The zero-order valence-corrected chi connectivity index (χ0v) is 37.7. The van der Waals surface area contributed by atoms with Crippen molar-refractivity contribution in [3.63, 3.8) is 0 Å². The smallest absolute Gasteiger partial charge is 0.407 e. The molecule has 17 nitrogen and oxygen atoms in total. The van der Waals surface area contributed by atoms with E-state index in [2.05, 4.69) is 15.5 Å². The average molecular weight is 926 g/mol. The fourth-order valence-electron chi connectivity index (χ4n) is 11.4. The number of aromatic nitrogens is 5. The minimum atomic E-state index is -2.02. The molecule has 5 aliphatic rings. The van der Waals surface area contributed by atoms with E-state index in [1.807, 2.05) is 18.7 Å². The predicted octanol–water partition coefficient (Wildman–Crippen LogP) is 6.15. The molecule has 5 N–H and O–H groups in total. The maximum absolute atomic E-state index is 15.5. The quantitative estimate of drug-likeness (QED) is 0.113. The number of aromatic amines is 1. The lowest BCUT2D eigenvalue weighted by Crippen LogP contribution is -2.49. The van der Waals surface area contributed by atoms with Crippen LogP contribution in [-0.4, -0.2) is 80.7 Å².